The summed E-state index contributed by atoms with van der Waals surface area (Å²) in [5.41, 5.74) is 0. The highest BCUT2D eigenvalue weighted by atomic mass is 16.2. The molecule has 0 spiro atoms. The Balaban J connectivity index is 2.09. The monoisotopic (exact) mass is 181 g/mol. The molecule has 1 amide bonds. The summed E-state index contributed by atoms with van der Waals surface area (Å²) in [5.74, 6) is 1.20. The van der Waals surface area contributed by atoms with E-state index in [1.54, 1.807) is 0 Å². The third-order valence-electron chi connectivity index (χ3n) is 3.67. The Hall–Kier alpha value is -0.530. The molecule has 0 aromatic heterocycles. The van der Waals surface area contributed by atoms with Gasteiger partial charge in [-0.05, 0) is 31.6 Å². The molecule has 0 bridgehead atoms. The van der Waals surface area contributed by atoms with E-state index in [1.165, 1.54) is 25.7 Å². The van der Waals surface area contributed by atoms with Crippen LogP contribution in [0.3, 0.4) is 0 Å². The third kappa shape index (κ3) is 1.59. The molecule has 2 saturated heterocycles. The molecule has 0 saturated carbocycles. The molecule has 2 heteroatoms. The van der Waals surface area contributed by atoms with Crippen LogP contribution >= 0.6 is 0 Å². The van der Waals surface area contributed by atoms with Crippen molar-refractivity contribution in [3.05, 3.63) is 0 Å². The molecule has 2 nitrogen and oxygen atoms in total. The summed E-state index contributed by atoms with van der Waals surface area (Å²) in [7, 11) is 0. The van der Waals surface area contributed by atoms with Gasteiger partial charge >= 0.3 is 0 Å². The lowest BCUT2D eigenvalue weighted by Crippen LogP contribution is -2.50. The van der Waals surface area contributed by atoms with Gasteiger partial charge in [0, 0.05) is 19.0 Å². The van der Waals surface area contributed by atoms with Gasteiger partial charge in [0.05, 0.1) is 0 Å². The van der Waals surface area contributed by atoms with Crippen LogP contribution in [0.25, 0.3) is 0 Å². The van der Waals surface area contributed by atoms with Gasteiger partial charge in [-0.3, -0.25) is 4.79 Å². The van der Waals surface area contributed by atoms with Gasteiger partial charge in [-0.25, -0.2) is 0 Å². The van der Waals surface area contributed by atoms with Crippen LogP contribution in [0, 0.1) is 5.92 Å². The first-order chi connectivity index (χ1) is 6.33. The first-order valence-electron chi connectivity index (χ1n) is 5.62. The van der Waals surface area contributed by atoms with Crippen LogP contribution in [0.2, 0.25) is 0 Å². The third-order valence-corrected chi connectivity index (χ3v) is 3.67. The maximum absolute atomic E-state index is 11.6. The second-order valence-electron chi connectivity index (χ2n) is 4.36. The van der Waals surface area contributed by atoms with Crippen molar-refractivity contribution in [2.75, 3.05) is 6.54 Å². The van der Waals surface area contributed by atoms with E-state index in [-0.39, 0.29) is 0 Å². The molecule has 2 fully saturated rings. The number of nitrogens with zero attached hydrogens (tertiary/aromatic N) is 1. The predicted octanol–water partition coefficient (Wildman–Crippen LogP) is 2.19. The van der Waals surface area contributed by atoms with E-state index in [1.807, 2.05) is 0 Å². The molecule has 2 heterocycles. The predicted molar refractivity (Wildman–Crippen MR) is 52.4 cm³/mol. The standard InChI is InChI=1S/C11H19NO/c1-2-9-6-7-11(13)12-8-4-3-5-10(9)12/h9-10H,2-8H2,1H3/t9-,10-/m0/s1. The zero-order valence-electron chi connectivity index (χ0n) is 8.46. The smallest absolute Gasteiger partial charge is 0.222 e. The van der Waals surface area contributed by atoms with Crippen LogP contribution in [0.4, 0.5) is 0 Å². The summed E-state index contributed by atoms with van der Waals surface area (Å²) in [6.07, 6.45) is 6.98. The summed E-state index contributed by atoms with van der Waals surface area (Å²) in [4.78, 5) is 13.8. The fraction of sp³-hybridized carbons (Fsp3) is 0.909. The number of amides is 1. The second kappa shape index (κ2) is 3.69. The number of carbonyl (C=O) groups excluding carboxylic acids is 1. The van der Waals surface area contributed by atoms with Crippen LogP contribution in [-0.2, 0) is 4.79 Å². The first-order valence-corrected chi connectivity index (χ1v) is 5.62. The van der Waals surface area contributed by atoms with Crippen molar-refractivity contribution in [3.8, 4) is 0 Å². The molecule has 0 radical (unpaired) electrons. The zero-order valence-corrected chi connectivity index (χ0v) is 8.46. The number of piperidine rings is 2. The van der Waals surface area contributed by atoms with Crippen molar-refractivity contribution >= 4 is 5.91 Å². The number of fused-ring (bicyclic) bond motifs is 1. The molecule has 0 unspecified atom stereocenters. The molecule has 2 aliphatic heterocycles. The zero-order chi connectivity index (χ0) is 9.26. The highest BCUT2D eigenvalue weighted by molar-refractivity contribution is 5.77. The lowest BCUT2D eigenvalue weighted by Gasteiger charge is -2.44. The van der Waals surface area contributed by atoms with Gasteiger partial charge in [0.15, 0.2) is 0 Å². The van der Waals surface area contributed by atoms with Crippen molar-refractivity contribution in [3.63, 3.8) is 0 Å². The van der Waals surface area contributed by atoms with E-state index in [0.717, 1.165) is 25.3 Å². The number of hydrogen-bond acceptors (Lipinski definition) is 1. The van der Waals surface area contributed by atoms with Crippen molar-refractivity contribution in [2.24, 2.45) is 5.92 Å². The molecule has 0 aromatic rings. The minimum atomic E-state index is 0.411. The number of hydrogen-bond donors (Lipinski definition) is 0. The van der Waals surface area contributed by atoms with Gasteiger partial charge in [-0.15, -0.1) is 0 Å². The Morgan fingerprint density at radius 1 is 1.38 bits per heavy atom. The minimum Gasteiger partial charge on any atom is -0.339 e. The van der Waals surface area contributed by atoms with Crippen molar-refractivity contribution in [1.29, 1.82) is 0 Å². The second-order valence-corrected chi connectivity index (χ2v) is 4.36. The van der Waals surface area contributed by atoms with Crippen molar-refractivity contribution in [1.82, 2.24) is 4.90 Å². The summed E-state index contributed by atoms with van der Waals surface area (Å²) < 4.78 is 0. The summed E-state index contributed by atoms with van der Waals surface area (Å²) >= 11 is 0. The Bertz CT molecular complexity index is 202. The molecular weight excluding hydrogens is 162 g/mol. The van der Waals surface area contributed by atoms with Crippen LogP contribution < -0.4 is 0 Å². The van der Waals surface area contributed by atoms with E-state index in [9.17, 15) is 4.79 Å². The SMILES string of the molecule is CC[C@H]1CCC(=O)N2CCCC[C@@H]12. The molecule has 0 N–H and O–H groups in total. The van der Waals surface area contributed by atoms with E-state index in [2.05, 4.69) is 11.8 Å². The minimum absolute atomic E-state index is 0.411. The van der Waals surface area contributed by atoms with E-state index in [0.29, 0.717) is 11.9 Å². The first kappa shape index (κ1) is 9.04. The highest BCUT2D eigenvalue weighted by Gasteiger charge is 2.35. The van der Waals surface area contributed by atoms with Crippen molar-refractivity contribution in [2.45, 2.75) is 51.5 Å². The van der Waals surface area contributed by atoms with Crippen molar-refractivity contribution < 1.29 is 4.79 Å². The van der Waals surface area contributed by atoms with Gasteiger partial charge in [0.1, 0.15) is 0 Å². The largest absolute Gasteiger partial charge is 0.339 e. The average Bonchev–Trinajstić information content (AvgIpc) is 2.19. The Labute approximate surface area is 80.3 Å². The van der Waals surface area contributed by atoms with Crippen LogP contribution in [0.1, 0.15) is 45.4 Å². The lowest BCUT2D eigenvalue weighted by atomic mass is 9.82. The normalized spacial score (nSPS) is 34.5. The fourth-order valence-corrected chi connectivity index (χ4v) is 2.88. The molecule has 2 rings (SSSR count). The summed E-state index contributed by atoms with van der Waals surface area (Å²) in [6, 6.07) is 0.597. The molecule has 2 aliphatic rings. The van der Waals surface area contributed by atoms with Gasteiger partial charge < -0.3 is 4.90 Å². The van der Waals surface area contributed by atoms with Gasteiger partial charge in [0.25, 0.3) is 0 Å². The molecule has 2 atom stereocenters. The lowest BCUT2D eigenvalue weighted by molar-refractivity contribution is -0.140. The van der Waals surface area contributed by atoms with Gasteiger partial charge in [0.2, 0.25) is 5.91 Å². The maximum Gasteiger partial charge on any atom is 0.222 e. The topological polar surface area (TPSA) is 20.3 Å². The fourth-order valence-electron chi connectivity index (χ4n) is 2.88. The van der Waals surface area contributed by atoms with Crippen LogP contribution in [0.5, 0.6) is 0 Å². The summed E-state index contributed by atoms with van der Waals surface area (Å²) in [5, 5.41) is 0. The Morgan fingerprint density at radius 2 is 2.23 bits per heavy atom. The number of rotatable bonds is 1. The van der Waals surface area contributed by atoms with Crippen LogP contribution in [-0.4, -0.2) is 23.4 Å². The molecule has 0 aromatic carbocycles. The van der Waals surface area contributed by atoms with Crippen LogP contribution in [0.15, 0.2) is 0 Å². The Kier molecular flexibility index (Phi) is 2.56. The molecule has 13 heavy (non-hydrogen) atoms. The highest BCUT2D eigenvalue weighted by Crippen LogP contribution is 2.32. The van der Waals surface area contributed by atoms with E-state index < -0.39 is 0 Å². The molecule has 0 aliphatic carbocycles. The van der Waals surface area contributed by atoms with Gasteiger partial charge in [-0.2, -0.15) is 0 Å². The quantitative estimate of drug-likeness (QED) is 0.607. The van der Waals surface area contributed by atoms with E-state index >= 15 is 0 Å². The maximum atomic E-state index is 11.6. The summed E-state index contributed by atoms with van der Waals surface area (Å²) in [6.45, 7) is 3.28. The van der Waals surface area contributed by atoms with Gasteiger partial charge in [-0.1, -0.05) is 13.3 Å². The average molecular weight is 181 g/mol. The molecular formula is C11H19NO. The number of carbonyl (C=O) groups is 1. The Morgan fingerprint density at radius 3 is 3.00 bits per heavy atom. The molecule has 74 valence electrons. The van der Waals surface area contributed by atoms with E-state index in [4.69, 9.17) is 0 Å².